The summed E-state index contributed by atoms with van der Waals surface area (Å²) in [6.07, 6.45) is -0.665. The molecule has 6 nitrogen and oxygen atoms in total. The highest BCUT2D eigenvalue weighted by atomic mass is 16.5. The maximum Gasteiger partial charge on any atom is 0.310 e. The van der Waals surface area contributed by atoms with Crippen LogP contribution in [0.2, 0.25) is 0 Å². The molecule has 0 fully saturated rings. The largest absolute Gasteiger partial charge is 0.481 e. The number of hydrogen-bond acceptors (Lipinski definition) is 4. The van der Waals surface area contributed by atoms with E-state index in [1.165, 1.54) is 0 Å². The molecule has 108 valence electrons. The monoisotopic (exact) mass is 280 g/mol. The molecule has 1 aromatic rings. The van der Waals surface area contributed by atoms with Crippen LogP contribution in [0.1, 0.15) is 23.6 Å². The van der Waals surface area contributed by atoms with Crippen molar-refractivity contribution in [3.63, 3.8) is 0 Å². The number of carboxylic acids is 2. The minimum absolute atomic E-state index is 0.0656. The molecule has 0 aliphatic carbocycles. The fourth-order valence-corrected chi connectivity index (χ4v) is 1.93. The Kier molecular flexibility index (Phi) is 5.71. The normalized spacial score (nSPS) is 10.1. The van der Waals surface area contributed by atoms with Crippen LogP contribution in [-0.2, 0) is 38.4 Å². The first-order valence-electron chi connectivity index (χ1n) is 6.12. The maximum absolute atomic E-state index is 11.5. The molecule has 0 heterocycles. The Morgan fingerprint density at radius 1 is 1.00 bits per heavy atom. The summed E-state index contributed by atoms with van der Waals surface area (Å²) in [4.78, 5) is 33.2. The summed E-state index contributed by atoms with van der Waals surface area (Å²) in [7, 11) is 0. The van der Waals surface area contributed by atoms with Crippen LogP contribution in [0, 0.1) is 0 Å². The van der Waals surface area contributed by atoms with E-state index in [4.69, 9.17) is 14.9 Å². The van der Waals surface area contributed by atoms with Crippen LogP contribution in [0.15, 0.2) is 18.2 Å². The smallest absolute Gasteiger partial charge is 0.310 e. The van der Waals surface area contributed by atoms with Crippen molar-refractivity contribution in [2.24, 2.45) is 0 Å². The molecule has 0 amide bonds. The molecule has 0 saturated carbocycles. The van der Waals surface area contributed by atoms with Gasteiger partial charge >= 0.3 is 17.9 Å². The number of hydrogen-bond donors (Lipinski definition) is 2. The zero-order chi connectivity index (χ0) is 15.1. The van der Waals surface area contributed by atoms with Gasteiger partial charge in [-0.25, -0.2) is 0 Å². The summed E-state index contributed by atoms with van der Waals surface area (Å²) in [6.45, 7) is 1.92. The van der Waals surface area contributed by atoms with E-state index >= 15 is 0 Å². The lowest BCUT2D eigenvalue weighted by atomic mass is 9.94. The molecule has 2 N–H and O–H groups in total. The highest BCUT2D eigenvalue weighted by Crippen LogP contribution is 2.18. The standard InChI is InChI=1S/C14H16O6/c1-2-20-14(19)7-10-5-3-4-9(6-12(15)16)11(10)8-13(17)18/h3-5H,2,6-8H2,1H3,(H,15,16)(H,17,18). The number of rotatable bonds is 7. The highest BCUT2D eigenvalue weighted by Gasteiger charge is 2.16. The third-order valence-corrected chi connectivity index (χ3v) is 2.68. The number of carbonyl (C=O) groups is 3. The summed E-state index contributed by atoms with van der Waals surface area (Å²) >= 11 is 0. The van der Waals surface area contributed by atoms with E-state index in [2.05, 4.69) is 0 Å². The van der Waals surface area contributed by atoms with Crippen LogP contribution in [0.4, 0.5) is 0 Å². The van der Waals surface area contributed by atoms with E-state index in [0.29, 0.717) is 16.7 Å². The van der Waals surface area contributed by atoms with Crippen LogP contribution in [-0.4, -0.2) is 34.7 Å². The van der Waals surface area contributed by atoms with Crippen LogP contribution in [0.5, 0.6) is 0 Å². The molecule has 6 heteroatoms. The summed E-state index contributed by atoms with van der Waals surface area (Å²) in [6, 6.07) is 4.78. The van der Waals surface area contributed by atoms with Gasteiger partial charge < -0.3 is 14.9 Å². The molecule has 0 bridgehead atoms. The second-order valence-corrected chi connectivity index (χ2v) is 4.18. The van der Waals surface area contributed by atoms with Crippen molar-refractivity contribution < 1.29 is 29.3 Å². The van der Waals surface area contributed by atoms with Crippen molar-refractivity contribution >= 4 is 17.9 Å². The molecule has 0 aromatic heterocycles. The summed E-state index contributed by atoms with van der Waals surface area (Å²) in [5.41, 5.74) is 1.27. The van der Waals surface area contributed by atoms with Crippen molar-refractivity contribution in [3.8, 4) is 0 Å². The van der Waals surface area contributed by atoms with E-state index < -0.39 is 17.9 Å². The molecule has 0 aliphatic rings. The topological polar surface area (TPSA) is 101 Å². The highest BCUT2D eigenvalue weighted by molar-refractivity contribution is 5.78. The zero-order valence-electron chi connectivity index (χ0n) is 11.1. The maximum atomic E-state index is 11.5. The Morgan fingerprint density at radius 2 is 1.55 bits per heavy atom. The van der Waals surface area contributed by atoms with Gasteiger partial charge in [0.2, 0.25) is 0 Å². The van der Waals surface area contributed by atoms with E-state index in [9.17, 15) is 14.4 Å². The van der Waals surface area contributed by atoms with Gasteiger partial charge in [0.1, 0.15) is 0 Å². The number of carboxylic acid groups (broad SMARTS) is 2. The van der Waals surface area contributed by atoms with Gasteiger partial charge in [-0.15, -0.1) is 0 Å². The molecular weight excluding hydrogens is 264 g/mol. The van der Waals surface area contributed by atoms with Gasteiger partial charge in [-0.2, -0.15) is 0 Å². The lowest BCUT2D eigenvalue weighted by Gasteiger charge is -2.12. The third-order valence-electron chi connectivity index (χ3n) is 2.68. The first kappa shape index (κ1) is 15.7. The molecule has 0 spiro atoms. The molecule has 0 aliphatic heterocycles. The fourth-order valence-electron chi connectivity index (χ4n) is 1.93. The number of ether oxygens (including phenoxy) is 1. The van der Waals surface area contributed by atoms with E-state index in [0.717, 1.165) is 0 Å². The van der Waals surface area contributed by atoms with Gasteiger partial charge in [-0.3, -0.25) is 14.4 Å². The van der Waals surface area contributed by atoms with E-state index in [1.54, 1.807) is 25.1 Å². The fraction of sp³-hybridized carbons (Fsp3) is 0.357. The van der Waals surface area contributed by atoms with Gasteiger partial charge in [-0.05, 0) is 23.6 Å². The lowest BCUT2D eigenvalue weighted by molar-refractivity contribution is -0.142. The van der Waals surface area contributed by atoms with Crippen molar-refractivity contribution in [3.05, 3.63) is 34.9 Å². The summed E-state index contributed by atoms with van der Waals surface area (Å²) in [5.74, 6) is -2.59. The minimum Gasteiger partial charge on any atom is -0.481 e. The second-order valence-electron chi connectivity index (χ2n) is 4.18. The number of benzene rings is 1. The molecular formula is C14H16O6. The van der Waals surface area contributed by atoms with Crippen molar-refractivity contribution in [1.29, 1.82) is 0 Å². The summed E-state index contributed by atoms with van der Waals surface area (Å²) in [5, 5.41) is 17.8. The average molecular weight is 280 g/mol. The lowest BCUT2D eigenvalue weighted by Crippen LogP contribution is -2.14. The molecule has 1 aromatic carbocycles. The van der Waals surface area contributed by atoms with E-state index in [1.807, 2.05) is 0 Å². The van der Waals surface area contributed by atoms with E-state index in [-0.39, 0.29) is 25.9 Å². The molecule has 20 heavy (non-hydrogen) atoms. The molecule has 1 rings (SSSR count). The van der Waals surface area contributed by atoms with Crippen LogP contribution in [0.25, 0.3) is 0 Å². The zero-order valence-corrected chi connectivity index (χ0v) is 11.1. The number of aliphatic carboxylic acids is 2. The van der Waals surface area contributed by atoms with Gasteiger partial charge in [0.15, 0.2) is 0 Å². The number of carbonyl (C=O) groups excluding carboxylic acids is 1. The Morgan fingerprint density at radius 3 is 2.05 bits per heavy atom. The summed E-state index contributed by atoms with van der Waals surface area (Å²) < 4.78 is 4.82. The molecule has 0 unspecified atom stereocenters. The Hall–Kier alpha value is -2.37. The average Bonchev–Trinajstić information content (AvgIpc) is 2.32. The van der Waals surface area contributed by atoms with Crippen molar-refractivity contribution in [2.75, 3.05) is 6.61 Å². The van der Waals surface area contributed by atoms with Crippen molar-refractivity contribution in [1.82, 2.24) is 0 Å². The first-order chi connectivity index (χ1) is 9.43. The third kappa shape index (κ3) is 4.72. The Bertz CT molecular complexity index is 520. The number of esters is 1. The first-order valence-corrected chi connectivity index (χ1v) is 6.12. The second kappa shape index (κ2) is 7.28. The quantitative estimate of drug-likeness (QED) is 0.724. The predicted molar refractivity (Wildman–Crippen MR) is 69.5 cm³/mol. The van der Waals surface area contributed by atoms with Gasteiger partial charge in [-0.1, -0.05) is 18.2 Å². The molecule has 0 saturated heterocycles. The minimum atomic E-state index is -1.08. The van der Waals surface area contributed by atoms with Gasteiger partial charge in [0, 0.05) is 0 Å². The Balaban J connectivity index is 3.10. The SMILES string of the molecule is CCOC(=O)Cc1cccc(CC(=O)O)c1CC(=O)O. The van der Waals surface area contributed by atoms with Crippen LogP contribution < -0.4 is 0 Å². The molecule has 0 atom stereocenters. The van der Waals surface area contributed by atoms with Gasteiger partial charge in [0.25, 0.3) is 0 Å². The van der Waals surface area contributed by atoms with Crippen molar-refractivity contribution in [2.45, 2.75) is 26.2 Å². The van der Waals surface area contributed by atoms with Gasteiger partial charge in [0.05, 0.1) is 25.9 Å². The van der Waals surface area contributed by atoms with Crippen LogP contribution >= 0.6 is 0 Å². The predicted octanol–water partition coefficient (Wildman–Crippen LogP) is 1.05. The van der Waals surface area contributed by atoms with Crippen LogP contribution in [0.3, 0.4) is 0 Å². The molecule has 0 radical (unpaired) electrons. The Labute approximate surface area is 116 Å².